The first-order chi connectivity index (χ1) is 10.3. The quantitative estimate of drug-likeness (QED) is 0.932. The van der Waals surface area contributed by atoms with E-state index in [4.69, 9.17) is 5.73 Å². The molecule has 0 aromatic heterocycles. The van der Waals surface area contributed by atoms with Crippen molar-refractivity contribution in [1.29, 1.82) is 0 Å². The molecule has 0 radical (unpaired) electrons. The zero-order chi connectivity index (χ0) is 14.5. The molecule has 2 atom stereocenters. The van der Waals surface area contributed by atoms with Crippen molar-refractivity contribution in [3.8, 4) is 0 Å². The summed E-state index contributed by atoms with van der Waals surface area (Å²) in [6, 6.07) is 21.8. The van der Waals surface area contributed by atoms with Crippen LogP contribution in [0.5, 0.6) is 0 Å². The van der Waals surface area contributed by atoms with E-state index < -0.39 is 0 Å². The number of hydrogen-bond donors (Lipinski definition) is 1. The average molecular weight is 280 g/mol. The van der Waals surface area contributed by atoms with Gasteiger partial charge >= 0.3 is 0 Å². The summed E-state index contributed by atoms with van der Waals surface area (Å²) in [4.78, 5) is 2.56. The molecule has 1 saturated heterocycles. The summed E-state index contributed by atoms with van der Waals surface area (Å²) in [6.07, 6.45) is 2.21. The second-order valence-corrected chi connectivity index (χ2v) is 6.01. The molecule has 1 heterocycles. The summed E-state index contributed by atoms with van der Waals surface area (Å²) in [5.74, 6) is 0.468. The van der Waals surface area contributed by atoms with Gasteiger partial charge in [0.15, 0.2) is 0 Å². The summed E-state index contributed by atoms with van der Waals surface area (Å²) in [6.45, 7) is 3.33. The molecule has 2 heteroatoms. The SMILES string of the molecule is N[C@@H]1CCN(CCc2ccccc2)C[C@@H]1c1ccccc1. The normalized spacial score (nSPS) is 23.1. The highest BCUT2D eigenvalue weighted by molar-refractivity contribution is 5.22. The van der Waals surface area contributed by atoms with E-state index in [1.807, 2.05) is 0 Å². The second-order valence-electron chi connectivity index (χ2n) is 6.01. The van der Waals surface area contributed by atoms with Crippen molar-refractivity contribution in [2.45, 2.75) is 24.8 Å². The second kappa shape index (κ2) is 6.88. The molecule has 1 aliphatic rings. The minimum absolute atomic E-state index is 0.292. The van der Waals surface area contributed by atoms with Crippen LogP contribution in [0.4, 0.5) is 0 Å². The largest absolute Gasteiger partial charge is 0.327 e. The highest BCUT2D eigenvalue weighted by atomic mass is 15.1. The van der Waals surface area contributed by atoms with Crippen molar-refractivity contribution in [3.05, 3.63) is 71.8 Å². The molecule has 1 fully saturated rings. The number of hydrogen-bond acceptors (Lipinski definition) is 2. The topological polar surface area (TPSA) is 29.3 Å². The lowest BCUT2D eigenvalue weighted by atomic mass is 9.86. The Hall–Kier alpha value is -1.64. The zero-order valence-electron chi connectivity index (χ0n) is 12.5. The maximum absolute atomic E-state index is 6.35. The Balaban J connectivity index is 1.61. The van der Waals surface area contributed by atoms with E-state index in [0.29, 0.717) is 12.0 Å². The Morgan fingerprint density at radius 3 is 2.33 bits per heavy atom. The van der Waals surface area contributed by atoms with Crippen molar-refractivity contribution < 1.29 is 0 Å². The molecular formula is C19H24N2. The molecule has 0 saturated carbocycles. The van der Waals surface area contributed by atoms with E-state index in [2.05, 4.69) is 65.6 Å². The van der Waals surface area contributed by atoms with Gasteiger partial charge in [-0.05, 0) is 30.5 Å². The molecule has 0 unspecified atom stereocenters. The van der Waals surface area contributed by atoms with Crippen LogP contribution in [0.2, 0.25) is 0 Å². The highest BCUT2D eigenvalue weighted by Gasteiger charge is 2.27. The van der Waals surface area contributed by atoms with Crippen LogP contribution in [0.1, 0.15) is 23.5 Å². The Morgan fingerprint density at radius 2 is 1.62 bits per heavy atom. The summed E-state index contributed by atoms with van der Waals surface area (Å²) >= 11 is 0. The fourth-order valence-corrected chi connectivity index (χ4v) is 3.23. The molecule has 3 rings (SSSR count). The Kier molecular flexibility index (Phi) is 4.69. The van der Waals surface area contributed by atoms with Gasteiger partial charge in [-0.3, -0.25) is 0 Å². The van der Waals surface area contributed by atoms with Gasteiger partial charge in [0.25, 0.3) is 0 Å². The predicted octanol–water partition coefficient (Wildman–Crippen LogP) is 3.05. The third-order valence-corrected chi connectivity index (χ3v) is 4.54. The lowest BCUT2D eigenvalue weighted by molar-refractivity contribution is 0.192. The fourth-order valence-electron chi connectivity index (χ4n) is 3.23. The molecule has 0 spiro atoms. The van der Waals surface area contributed by atoms with Gasteiger partial charge in [-0.1, -0.05) is 60.7 Å². The van der Waals surface area contributed by atoms with Gasteiger partial charge in [0.1, 0.15) is 0 Å². The molecular weight excluding hydrogens is 256 g/mol. The van der Waals surface area contributed by atoms with E-state index in [1.165, 1.54) is 11.1 Å². The number of piperidine rings is 1. The summed E-state index contributed by atoms with van der Waals surface area (Å²) in [5, 5.41) is 0. The van der Waals surface area contributed by atoms with E-state index in [1.54, 1.807) is 0 Å². The van der Waals surface area contributed by atoms with E-state index in [-0.39, 0.29) is 0 Å². The van der Waals surface area contributed by atoms with Gasteiger partial charge in [0.05, 0.1) is 0 Å². The third-order valence-electron chi connectivity index (χ3n) is 4.54. The molecule has 2 aromatic rings. The molecule has 0 bridgehead atoms. The Labute approximate surface area is 127 Å². The first-order valence-electron chi connectivity index (χ1n) is 7.90. The van der Waals surface area contributed by atoms with Crippen LogP contribution >= 0.6 is 0 Å². The lowest BCUT2D eigenvalue weighted by Gasteiger charge is -2.37. The first kappa shape index (κ1) is 14.3. The zero-order valence-corrected chi connectivity index (χ0v) is 12.5. The summed E-state index contributed by atoms with van der Waals surface area (Å²) < 4.78 is 0. The molecule has 2 nitrogen and oxygen atoms in total. The molecule has 0 aliphatic carbocycles. The van der Waals surface area contributed by atoms with Gasteiger partial charge in [-0.25, -0.2) is 0 Å². The van der Waals surface area contributed by atoms with Crippen LogP contribution in [0, 0.1) is 0 Å². The van der Waals surface area contributed by atoms with Crippen molar-refractivity contribution >= 4 is 0 Å². The highest BCUT2D eigenvalue weighted by Crippen LogP contribution is 2.26. The van der Waals surface area contributed by atoms with Crippen molar-refractivity contribution in [2.24, 2.45) is 5.73 Å². The smallest absolute Gasteiger partial charge is 0.0132 e. The molecule has 2 aromatic carbocycles. The lowest BCUT2D eigenvalue weighted by Crippen LogP contribution is -2.46. The van der Waals surface area contributed by atoms with Crippen molar-refractivity contribution in [1.82, 2.24) is 4.90 Å². The van der Waals surface area contributed by atoms with Crippen LogP contribution in [-0.4, -0.2) is 30.6 Å². The standard InChI is InChI=1S/C19H24N2/c20-19-12-14-21(13-11-16-7-3-1-4-8-16)15-18(19)17-9-5-2-6-10-17/h1-10,18-19H,11-15,20H2/t18-,19-/m1/s1. The third kappa shape index (κ3) is 3.72. The maximum Gasteiger partial charge on any atom is 0.0132 e. The Morgan fingerprint density at radius 1 is 0.952 bits per heavy atom. The number of benzene rings is 2. The number of nitrogens with zero attached hydrogens (tertiary/aromatic N) is 1. The number of rotatable bonds is 4. The van der Waals surface area contributed by atoms with Gasteiger partial charge in [0.2, 0.25) is 0 Å². The Bertz CT molecular complexity index is 538. The van der Waals surface area contributed by atoms with Gasteiger partial charge in [-0.15, -0.1) is 0 Å². The molecule has 1 aliphatic heterocycles. The number of likely N-dealkylation sites (tertiary alicyclic amines) is 1. The number of nitrogens with two attached hydrogens (primary N) is 1. The van der Waals surface area contributed by atoms with Crippen molar-refractivity contribution in [2.75, 3.05) is 19.6 Å². The van der Waals surface area contributed by atoms with Crippen LogP contribution in [0.15, 0.2) is 60.7 Å². The maximum atomic E-state index is 6.35. The molecule has 2 N–H and O–H groups in total. The molecule has 110 valence electrons. The fraction of sp³-hybridized carbons (Fsp3) is 0.368. The predicted molar refractivity (Wildman–Crippen MR) is 88.4 cm³/mol. The molecule has 21 heavy (non-hydrogen) atoms. The van der Waals surface area contributed by atoms with Crippen LogP contribution < -0.4 is 5.73 Å². The van der Waals surface area contributed by atoms with Gasteiger partial charge < -0.3 is 10.6 Å². The van der Waals surface area contributed by atoms with Crippen LogP contribution in [0.3, 0.4) is 0 Å². The van der Waals surface area contributed by atoms with Gasteiger partial charge in [-0.2, -0.15) is 0 Å². The van der Waals surface area contributed by atoms with Gasteiger partial charge in [0, 0.05) is 25.0 Å². The van der Waals surface area contributed by atoms with Crippen molar-refractivity contribution in [3.63, 3.8) is 0 Å². The first-order valence-corrected chi connectivity index (χ1v) is 7.90. The van der Waals surface area contributed by atoms with E-state index >= 15 is 0 Å². The monoisotopic (exact) mass is 280 g/mol. The summed E-state index contributed by atoms with van der Waals surface area (Å²) in [7, 11) is 0. The minimum atomic E-state index is 0.292. The minimum Gasteiger partial charge on any atom is -0.327 e. The van der Waals surface area contributed by atoms with Crippen LogP contribution in [0.25, 0.3) is 0 Å². The summed E-state index contributed by atoms with van der Waals surface area (Å²) in [5.41, 5.74) is 9.16. The molecule has 0 amide bonds. The van der Waals surface area contributed by atoms with E-state index in [9.17, 15) is 0 Å². The van der Waals surface area contributed by atoms with E-state index in [0.717, 1.165) is 32.5 Å². The van der Waals surface area contributed by atoms with Crippen LogP contribution in [-0.2, 0) is 6.42 Å². The average Bonchev–Trinajstić information content (AvgIpc) is 2.56.